The lowest BCUT2D eigenvalue weighted by Gasteiger charge is -1.90. The predicted octanol–water partition coefficient (Wildman–Crippen LogP) is 1.55. The average Bonchev–Trinajstić information content (AvgIpc) is 2.34. The fourth-order valence-electron chi connectivity index (χ4n) is 0.730. The van der Waals surface area contributed by atoms with E-state index in [1.807, 2.05) is 0 Å². The largest absolute Gasteiger partial charge is 0.348 e. The fourth-order valence-corrected chi connectivity index (χ4v) is 0.730. The van der Waals surface area contributed by atoms with Crippen molar-refractivity contribution in [3.63, 3.8) is 0 Å². The van der Waals surface area contributed by atoms with E-state index in [4.69, 9.17) is 0 Å². The van der Waals surface area contributed by atoms with Gasteiger partial charge in [0.1, 0.15) is 12.0 Å². The van der Waals surface area contributed by atoms with Gasteiger partial charge in [0.15, 0.2) is 0 Å². The second-order valence-corrected chi connectivity index (χ2v) is 2.08. The highest BCUT2D eigenvalue weighted by molar-refractivity contribution is 4.84. The summed E-state index contributed by atoms with van der Waals surface area (Å²) in [5.41, 5.74) is 0. The highest BCUT2D eigenvalue weighted by atomic mass is 14.9. The van der Waals surface area contributed by atoms with Crippen LogP contribution < -0.4 is 0 Å². The average molecular weight is 123 g/mol. The summed E-state index contributed by atoms with van der Waals surface area (Å²) in [5.74, 6) is 1.05. The van der Waals surface area contributed by atoms with E-state index in [0.29, 0.717) is 0 Å². The third-order valence-corrected chi connectivity index (χ3v) is 1.27. The molecule has 0 fully saturated rings. The van der Waals surface area contributed by atoms with Crippen molar-refractivity contribution >= 4 is 0 Å². The van der Waals surface area contributed by atoms with Crippen molar-refractivity contribution in [1.82, 2.24) is 9.97 Å². The topological polar surface area (TPSA) is 28.7 Å². The van der Waals surface area contributed by atoms with Gasteiger partial charge in [0, 0.05) is 12.6 Å². The third-order valence-electron chi connectivity index (χ3n) is 1.27. The van der Waals surface area contributed by atoms with Gasteiger partial charge in [-0.15, -0.1) is 0 Å². The molecule has 1 N–H and O–H groups in total. The van der Waals surface area contributed by atoms with Crippen LogP contribution in [-0.2, 0) is 6.42 Å². The standard InChI is InChI=1S/C7H11N2/c1-2-3-4-7-8-5-6-9-7/h5H,2-4H2,1H3,(H,8,9). The Morgan fingerprint density at radius 2 is 2.67 bits per heavy atom. The summed E-state index contributed by atoms with van der Waals surface area (Å²) in [6, 6.07) is 0. The van der Waals surface area contributed by atoms with Crippen molar-refractivity contribution in [1.29, 1.82) is 0 Å². The minimum atomic E-state index is 1.05. The molecule has 0 bridgehead atoms. The van der Waals surface area contributed by atoms with E-state index in [1.54, 1.807) is 6.20 Å². The first kappa shape index (κ1) is 6.33. The number of aromatic amines is 1. The minimum Gasteiger partial charge on any atom is -0.348 e. The summed E-state index contributed by atoms with van der Waals surface area (Å²) in [6.45, 7) is 2.17. The summed E-state index contributed by atoms with van der Waals surface area (Å²) in [4.78, 5) is 6.98. The first-order chi connectivity index (χ1) is 4.43. The number of aromatic nitrogens is 2. The van der Waals surface area contributed by atoms with Gasteiger partial charge in [0.05, 0.1) is 0 Å². The van der Waals surface area contributed by atoms with Gasteiger partial charge in [-0.05, 0) is 6.42 Å². The molecular formula is C7H11N2. The van der Waals surface area contributed by atoms with Crippen molar-refractivity contribution in [2.24, 2.45) is 0 Å². The summed E-state index contributed by atoms with van der Waals surface area (Å²) in [7, 11) is 0. The lowest BCUT2D eigenvalue weighted by Crippen LogP contribution is -1.85. The van der Waals surface area contributed by atoms with Crippen molar-refractivity contribution in [2.45, 2.75) is 26.2 Å². The number of hydrogen-bond acceptors (Lipinski definition) is 1. The van der Waals surface area contributed by atoms with E-state index >= 15 is 0 Å². The molecule has 1 rings (SSSR count). The van der Waals surface area contributed by atoms with Crippen LogP contribution >= 0.6 is 0 Å². The number of rotatable bonds is 3. The molecular weight excluding hydrogens is 112 g/mol. The Morgan fingerprint density at radius 3 is 3.22 bits per heavy atom. The second kappa shape index (κ2) is 3.28. The number of nitrogens with one attached hydrogen (secondary N) is 1. The molecule has 0 unspecified atom stereocenters. The fraction of sp³-hybridized carbons (Fsp3) is 0.571. The molecule has 0 aliphatic heterocycles. The van der Waals surface area contributed by atoms with Crippen LogP contribution in [0.3, 0.4) is 0 Å². The van der Waals surface area contributed by atoms with E-state index < -0.39 is 0 Å². The highest BCUT2D eigenvalue weighted by Gasteiger charge is 1.90. The molecule has 0 spiro atoms. The molecule has 1 heterocycles. The Balaban J connectivity index is 2.30. The number of imidazole rings is 1. The molecule has 1 aromatic heterocycles. The monoisotopic (exact) mass is 123 g/mol. The van der Waals surface area contributed by atoms with Crippen LogP contribution in [0.4, 0.5) is 0 Å². The van der Waals surface area contributed by atoms with Gasteiger partial charge in [0.2, 0.25) is 0 Å². The molecule has 2 heteroatoms. The summed E-state index contributed by atoms with van der Waals surface area (Å²) in [5, 5.41) is 0. The quantitative estimate of drug-likeness (QED) is 0.649. The van der Waals surface area contributed by atoms with E-state index in [9.17, 15) is 0 Å². The number of nitrogens with zero attached hydrogens (tertiary/aromatic N) is 1. The number of hydrogen-bond donors (Lipinski definition) is 1. The minimum absolute atomic E-state index is 1.05. The zero-order valence-corrected chi connectivity index (χ0v) is 5.65. The van der Waals surface area contributed by atoms with Crippen molar-refractivity contribution in [3.05, 3.63) is 18.2 Å². The summed E-state index contributed by atoms with van der Waals surface area (Å²) in [6.07, 6.45) is 7.96. The van der Waals surface area contributed by atoms with Crippen molar-refractivity contribution in [2.75, 3.05) is 0 Å². The maximum atomic E-state index is 3.97. The van der Waals surface area contributed by atoms with Gasteiger partial charge in [-0.3, -0.25) is 0 Å². The van der Waals surface area contributed by atoms with Gasteiger partial charge in [0.25, 0.3) is 0 Å². The van der Waals surface area contributed by atoms with Crippen LogP contribution in [0.2, 0.25) is 0 Å². The van der Waals surface area contributed by atoms with Gasteiger partial charge in [-0.25, -0.2) is 4.98 Å². The first-order valence-corrected chi connectivity index (χ1v) is 3.34. The maximum Gasteiger partial charge on any atom is 0.108 e. The van der Waals surface area contributed by atoms with E-state index in [1.165, 1.54) is 12.8 Å². The molecule has 49 valence electrons. The highest BCUT2D eigenvalue weighted by Crippen LogP contribution is 1.96. The smallest absolute Gasteiger partial charge is 0.108 e. The molecule has 0 aliphatic carbocycles. The molecule has 0 saturated carbocycles. The summed E-state index contributed by atoms with van der Waals surface area (Å²) >= 11 is 0. The van der Waals surface area contributed by atoms with E-state index in [-0.39, 0.29) is 0 Å². The SMILES string of the molecule is CCCCc1n[c]c[nH]1. The molecule has 0 aromatic carbocycles. The maximum absolute atomic E-state index is 3.97. The molecule has 0 saturated heterocycles. The lowest BCUT2D eigenvalue weighted by atomic mass is 10.2. The van der Waals surface area contributed by atoms with Crippen LogP contribution in [-0.4, -0.2) is 9.97 Å². The van der Waals surface area contributed by atoms with Crippen molar-refractivity contribution in [3.8, 4) is 0 Å². The Labute approximate surface area is 55.3 Å². The Morgan fingerprint density at radius 1 is 1.78 bits per heavy atom. The van der Waals surface area contributed by atoms with E-state index in [2.05, 4.69) is 23.1 Å². The number of aryl methyl sites for hydroxylation is 1. The van der Waals surface area contributed by atoms with E-state index in [0.717, 1.165) is 12.2 Å². The van der Waals surface area contributed by atoms with Crippen LogP contribution in [0.25, 0.3) is 0 Å². The lowest BCUT2D eigenvalue weighted by molar-refractivity contribution is 0.762. The van der Waals surface area contributed by atoms with Crippen LogP contribution in [0.15, 0.2) is 6.20 Å². The Bertz CT molecular complexity index is 144. The first-order valence-electron chi connectivity index (χ1n) is 3.34. The zero-order valence-electron chi connectivity index (χ0n) is 5.65. The summed E-state index contributed by atoms with van der Waals surface area (Å²) < 4.78 is 0. The molecule has 2 nitrogen and oxygen atoms in total. The van der Waals surface area contributed by atoms with Crippen LogP contribution in [0, 0.1) is 6.20 Å². The van der Waals surface area contributed by atoms with Gasteiger partial charge in [-0.2, -0.15) is 0 Å². The molecule has 1 radical (unpaired) electrons. The van der Waals surface area contributed by atoms with Gasteiger partial charge < -0.3 is 4.98 Å². The van der Waals surface area contributed by atoms with Crippen molar-refractivity contribution < 1.29 is 0 Å². The zero-order chi connectivity index (χ0) is 6.53. The van der Waals surface area contributed by atoms with Gasteiger partial charge >= 0.3 is 0 Å². The molecule has 0 amide bonds. The Kier molecular flexibility index (Phi) is 2.31. The van der Waals surface area contributed by atoms with Crippen LogP contribution in [0.5, 0.6) is 0 Å². The third kappa shape index (κ3) is 1.88. The van der Waals surface area contributed by atoms with Crippen LogP contribution in [0.1, 0.15) is 25.6 Å². The molecule has 9 heavy (non-hydrogen) atoms. The normalized spacial score (nSPS) is 9.89. The number of H-pyrrole nitrogens is 1. The predicted molar refractivity (Wildman–Crippen MR) is 36.0 cm³/mol. The van der Waals surface area contributed by atoms with Gasteiger partial charge in [-0.1, -0.05) is 13.3 Å². The number of unbranched alkanes of at least 4 members (excludes halogenated alkanes) is 1. The second-order valence-electron chi connectivity index (χ2n) is 2.08. The molecule has 1 aromatic rings. The molecule has 0 aliphatic rings. The molecule has 0 atom stereocenters. The Hall–Kier alpha value is -0.790.